The number of hydrogen-bond acceptors (Lipinski definition) is 5. The van der Waals surface area contributed by atoms with Gasteiger partial charge >= 0.3 is 6.09 Å². The first kappa shape index (κ1) is 26.0. The first-order valence-corrected chi connectivity index (χ1v) is 13.7. The summed E-state index contributed by atoms with van der Waals surface area (Å²) in [5.74, 6) is 1.45. The van der Waals surface area contributed by atoms with Crippen LogP contribution >= 0.6 is 0 Å². The third-order valence-corrected chi connectivity index (χ3v) is 8.71. The summed E-state index contributed by atoms with van der Waals surface area (Å²) >= 11 is 0. The van der Waals surface area contributed by atoms with Crippen LogP contribution in [-0.4, -0.2) is 56.0 Å². The van der Waals surface area contributed by atoms with E-state index < -0.39 is 0 Å². The lowest BCUT2D eigenvalue weighted by Crippen LogP contribution is -2.50. The molecule has 1 aliphatic heterocycles. The van der Waals surface area contributed by atoms with Crippen LogP contribution in [0.15, 0.2) is 48.5 Å². The number of amides is 1. The Kier molecular flexibility index (Phi) is 8.30. The summed E-state index contributed by atoms with van der Waals surface area (Å²) in [7, 11) is 3.14. The number of likely N-dealkylation sites (tertiary alicyclic amines) is 1. The number of nitrogens with one attached hydrogen (secondary N) is 1. The van der Waals surface area contributed by atoms with Crippen LogP contribution in [-0.2, 0) is 16.0 Å². The minimum Gasteiger partial charge on any atom is -0.497 e. The van der Waals surface area contributed by atoms with E-state index in [1.165, 1.54) is 18.7 Å². The SMILES string of the molecule is COC(=O)N1[C@@H]2CCC[C@@H]2[C@H](NCc2ccc(OC)cc2)[C@@H]1COC1CCC(c2cccc(F)c2)CC1. The first-order chi connectivity index (χ1) is 18.1. The van der Waals surface area contributed by atoms with Crippen LogP contribution in [0.5, 0.6) is 5.75 Å². The molecule has 2 aromatic rings. The van der Waals surface area contributed by atoms with Crippen molar-refractivity contribution in [2.75, 3.05) is 20.8 Å². The van der Waals surface area contributed by atoms with Crippen LogP contribution in [0.4, 0.5) is 9.18 Å². The molecule has 1 saturated heterocycles. The number of benzene rings is 2. The van der Waals surface area contributed by atoms with Crippen LogP contribution in [0.1, 0.15) is 62.0 Å². The lowest BCUT2D eigenvalue weighted by atomic mass is 9.82. The quantitative estimate of drug-likeness (QED) is 0.497. The van der Waals surface area contributed by atoms with Crippen LogP contribution in [0.25, 0.3) is 0 Å². The summed E-state index contributed by atoms with van der Waals surface area (Å²) < 4.78 is 30.7. The van der Waals surface area contributed by atoms with Gasteiger partial charge in [-0.2, -0.15) is 0 Å². The Bertz CT molecular complexity index is 1040. The van der Waals surface area contributed by atoms with Gasteiger partial charge in [0.1, 0.15) is 11.6 Å². The molecule has 6 nitrogen and oxygen atoms in total. The molecule has 1 N–H and O–H groups in total. The molecular formula is C30H39FN2O4. The zero-order valence-corrected chi connectivity index (χ0v) is 21.9. The molecule has 1 amide bonds. The molecule has 3 aliphatic rings. The molecule has 37 heavy (non-hydrogen) atoms. The standard InChI is InChI=1S/C30H39FN2O4/c1-35-24-13-9-20(10-14-24)18-32-29-26-7-4-8-27(26)33(30(34)36-2)28(29)19-37-25-15-11-21(12-16-25)22-5-3-6-23(31)17-22/h3,5-6,9-10,13-14,17,21,25-29,32H,4,7-8,11-12,15-16,18-19H2,1-2H3/t21?,25?,26-,27+,28-,29-/m0/s1. The number of fused-ring (bicyclic) bond motifs is 1. The van der Waals surface area contributed by atoms with E-state index in [9.17, 15) is 9.18 Å². The minimum absolute atomic E-state index is 0.0676. The van der Waals surface area contributed by atoms with E-state index in [0.717, 1.165) is 62.8 Å². The molecule has 200 valence electrons. The van der Waals surface area contributed by atoms with Gasteiger partial charge in [-0.05, 0) is 85.8 Å². The molecule has 0 unspecified atom stereocenters. The second-order valence-electron chi connectivity index (χ2n) is 10.7. The van der Waals surface area contributed by atoms with E-state index in [2.05, 4.69) is 17.4 Å². The Labute approximate surface area is 219 Å². The molecule has 3 fully saturated rings. The summed E-state index contributed by atoms with van der Waals surface area (Å²) in [6, 6.07) is 15.4. The zero-order chi connectivity index (χ0) is 25.8. The monoisotopic (exact) mass is 510 g/mol. The fourth-order valence-electron chi connectivity index (χ4n) is 6.82. The van der Waals surface area contributed by atoms with E-state index in [4.69, 9.17) is 14.2 Å². The number of hydrogen-bond donors (Lipinski definition) is 1. The number of carbonyl (C=O) groups excluding carboxylic acids is 1. The number of halogens is 1. The average molecular weight is 511 g/mol. The molecule has 2 aliphatic carbocycles. The molecule has 0 aromatic heterocycles. The van der Waals surface area contributed by atoms with Gasteiger partial charge in [0, 0.05) is 18.6 Å². The highest BCUT2D eigenvalue weighted by Crippen LogP contribution is 2.43. The van der Waals surface area contributed by atoms with Crippen molar-refractivity contribution in [2.45, 2.75) is 81.6 Å². The summed E-state index contributed by atoms with van der Waals surface area (Å²) in [6.07, 6.45) is 7.02. The van der Waals surface area contributed by atoms with Gasteiger partial charge in [-0.1, -0.05) is 30.7 Å². The van der Waals surface area contributed by atoms with Crippen LogP contribution < -0.4 is 10.1 Å². The van der Waals surface area contributed by atoms with Crippen molar-refractivity contribution >= 4 is 6.09 Å². The van der Waals surface area contributed by atoms with Gasteiger partial charge < -0.3 is 19.5 Å². The molecule has 0 bridgehead atoms. The predicted octanol–water partition coefficient (Wildman–Crippen LogP) is 5.65. The second kappa shape index (κ2) is 11.8. The Hall–Kier alpha value is -2.64. The van der Waals surface area contributed by atoms with Gasteiger partial charge in [-0.3, -0.25) is 4.90 Å². The van der Waals surface area contributed by atoms with E-state index >= 15 is 0 Å². The van der Waals surface area contributed by atoms with Gasteiger partial charge in [-0.25, -0.2) is 9.18 Å². The Morgan fingerprint density at radius 1 is 1.03 bits per heavy atom. The van der Waals surface area contributed by atoms with Crippen LogP contribution in [0.2, 0.25) is 0 Å². The Morgan fingerprint density at radius 3 is 2.51 bits per heavy atom. The molecule has 7 heteroatoms. The molecule has 4 atom stereocenters. The number of nitrogens with zero attached hydrogens (tertiary/aromatic N) is 1. The smallest absolute Gasteiger partial charge is 0.410 e. The van der Waals surface area contributed by atoms with Crippen molar-refractivity contribution in [3.8, 4) is 5.75 Å². The summed E-state index contributed by atoms with van der Waals surface area (Å²) in [4.78, 5) is 14.9. The molecule has 5 rings (SSSR count). The fraction of sp³-hybridized carbons (Fsp3) is 0.567. The number of ether oxygens (including phenoxy) is 3. The Morgan fingerprint density at radius 2 is 1.81 bits per heavy atom. The van der Waals surface area contributed by atoms with Crippen LogP contribution in [0.3, 0.4) is 0 Å². The van der Waals surface area contributed by atoms with E-state index in [1.807, 2.05) is 23.1 Å². The van der Waals surface area contributed by atoms with Gasteiger partial charge in [-0.15, -0.1) is 0 Å². The molecule has 0 radical (unpaired) electrons. The molecule has 2 aromatic carbocycles. The van der Waals surface area contributed by atoms with Crippen molar-refractivity contribution in [1.82, 2.24) is 10.2 Å². The van der Waals surface area contributed by atoms with Gasteiger partial charge in [0.05, 0.1) is 33.0 Å². The largest absolute Gasteiger partial charge is 0.497 e. The lowest BCUT2D eigenvalue weighted by molar-refractivity contribution is -0.0109. The molecule has 0 spiro atoms. The highest BCUT2D eigenvalue weighted by Gasteiger charge is 2.53. The predicted molar refractivity (Wildman–Crippen MR) is 140 cm³/mol. The Balaban J connectivity index is 1.23. The second-order valence-corrected chi connectivity index (χ2v) is 10.7. The molecule has 1 heterocycles. The highest BCUT2D eigenvalue weighted by molar-refractivity contribution is 5.69. The van der Waals surface area contributed by atoms with Crippen molar-refractivity contribution < 1.29 is 23.4 Å². The maximum atomic E-state index is 13.7. The molecule has 2 saturated carbocycles. The average Bonchev–Trinajstić information content (AvgIpc) is 3.51. The third-order valence-electron chi connectivity index (χ3n) is 8.71. The maximum Gasteiger partial charge on any atom is 0.410 e. The van der Waals surface area contributed by atoms with Crippen molar-refractivity contribution in [2.24, 2.45) is 5.92 Å². The minimum atomic E-state index is -0.256. The highest BCUT2D eigenvalue weighted by atomic mass is 19.1. The van der Waals surface area contributed by atoms with Crippen molar-refractivity contribution in [1.29, 1.82) is 0 Å². The van der Waals surface area contributed by atoms with Crippen molar-refractivity contribution in [3.05, 3.63) is 65.5 Å². The van der Waals surface area contributed by atoms with Gasteiger partial charge in [0.15, 0.2) is 0 Å². The number of carbonyl (C=O) groups is 1. The maximum absolute atomic E-state index is 13.7. The lowest BCUT2D eigenvalue weighted by Gasteiger charge is -2.34. The van der Waals surface area contributed by atoms with Gasteiger partial charge in [0.25, 0.3) is 0 Å². The zero-order valence-electron chi connectivity index (χ0n) is 21.9. The van der Waals surface area contributed by atoms with E-state index in [-0.39, 0.29) is 36.1 Å². The fourth-order valence-corrected chi connectivity index (χ4v) is 6.82. The third kappa shape index (κ3) is 5.78. The topological polar surface area (TPSA) is 60.0 Å². The number of methoxy groups -OCH3 is 2. The molecular weight excluding hydrogens is 471 g/mol. The number of rotatable bonds is 8. The van der Waals surface area contributed by atoms with E-state index in [0.29, 0.717) is 18.4 Å². The first-order valence-electron chi connectivity index (χ1n) is 13.7. The van der Waals surface area contributed by atoms with E-state index in [1.54, 1.807) is 19.2 Å². The summed E-state index contributed by atoms with van der Waals surface area (Å²) in [6.45, 7) is 1.22. The summed E-state index contributed by atoms with van der Waals surface area (Å²) in [5, 5.41) is 3.78. The van der Waals surface area contributed by atoms with Gasteiger partial charge in [0.2, 0.25) is 0 Å². The summed E-state index contributed by atoms with van der Waals surface area (Å²) in [5.41, 5.74) is 2.27. The van der Waals surface area contributed by atoms with Crippen molar-refractivity contribution in [3.63, 3.8) is 0 Å². The van der Waals surface area contributed by atoms with Crippen LogP contribution in [0, 0.1) is 11.7 Å². The normalized spacial score (nSPS) is 29.2.